The summed E-state index contributed by atoms with van der Waals surface area (Å²) in [6.07, 6.45) is 25.3. The van der Waals surface area contributed by atoms with Gasteiger partial charge in [-0.2, -0.15) is 0 Å². The maximum Gasteiger partial charge on any atom is 0.309 e. The molecular weight excluding hydrogens is 320 g/mol. The minimum absolute atomic E-state index is 0.0982. The maximum absolute atomic E-state index is 11.4. The standard InChI is InChI=1S/C24H44O2/c1-4-5-6-7-8-9-10-11-12-13-14-15-16-17-18-19-22-26-24(25)21-20-23(2)3/h11-12,20H,4-10,13-19,21-22H2,1-3H3/b12-11-. The Kier molecular flexibility index (Phi) is 19.4. The van der Waals surface area contributed by atoms with E-state index in [0.29, 0.717) is 13.0 Å². The zero-order valence-electron chi connectivity index (χ0n) is 17.9. The molecule has 0 aromatic rings. The third-order valence-electron chi connectivity index (χ3n) is 4.60. The number of hydrogen-bond acceptors (Lipinski definition) is 2. The molecule has 0 saturated carbocycles. The summed E-state index contributed by atoms with van der Waals surface area (Å²) < 4.78 is 5.22. The molecule has 0 rings (SSSR count). The lowest BCUT2D eigenvalue weighted by Crippen LogP contribution is -2.04. The predicted octanol–water partition coefficient (Wildman–Crippen LogP) is 7.92. The first-order valence-corrected chi connectivity index (χ1v) is 11.1. The minimum Gasteiger partial charge on any atom is -0.465 e. The van der Waals surface area contributed by atoms with E-state index in [1.165, 1.54) is 89.0 Å². The normalized spacial score (nSPS) is 11.0. The van der Waals surface area contributed by atoms with Crippen molar-refractivity contribution in [3.8, 4) is 0 Å². The van der Waals surface area contributed by atoms with Crippen LogP contribution in [-0.4, -0.2) is 12.6 Å². The molecule has 0 aromatic carbocycles. The molecule has 0 aliphatic rings. The molecule has 26 heavy (non-hydrogen) atoms. The van der Waals surface area contributed by atoms with Gasteiger partial charge in [-0.25, -0.2) is 0 Å². The van der Waals surface area contributed by atoms with Crippen LogP contribution in [0.5, 0.6) is 0 Å². The fourth-order valence-corrected chi connectivity index (χ4v) is 2.88. The van der Waals surface area contributed by atoms with Gasteiger partial charge in [-0.05, 0) is 46.0 Å². The molecule has 0 bridgehead atoms. The summed E-state index contributed by atoms with van der Waals surface area (Å²) in [5.41, 5.74) is 1.17. The smallest absolute Gasteiger partial charge is 0.309 e. The van der Waals surface area contributed by atoms with Crippen LogP contribution in [0.3, 0.4) is 0 Å². The van der Waals surface area contributed by atoms with Crippen molar-refractivity contribution in [3.05, 3.63) is 23.8 Å². The van der Waals surface area contributed by atoms with Gasteiger partial charge in [0.2, 0.25) is 0 Å². The highest BCUT2D eigenvalue weighted by atomic mass is 16.5. The topological polar surface area (TPSA) is 26.3 Å². The molecule has 0 saturated heterocycles. The van der Waals surface area contributed by atoms with Gasteiger partial charge in [-0.1, -0.05) is 88.5 Å². The summed E-state index contributed by atoms with van der Waals surface area (Å²) in [7, 11) is 0. The van der Waals surface area contributed by atoms with Crippen LogP contribution < -0.4 is 0 Å². The van der Waals surface area contributed by atoms with Crippen molar-refractivity contribution in [1.29, 1.82) is 0 Å². The van der Waals surface area contributed by atoms with Crippen LogP contribution in [0.15, 0.2) is 23.8 Å². The van der Waals surface area contributed by atoms with Crippen LogP contribution in [-0.2, 0) is 9.53 Å². The Morgan fingerprint density at radius 3 is 1.77 bits per heavy atom. The Balaban J connectivity index is 3.20. The Morgan fingerprint density at radius 1 is 0.731 bits per heavy atom. The van der Waals surface area contributed by atoms with Crippen molar-refractivity contribution >= 4 is 5.97 Å². The van der Waals surface area contributed by atoms with Gasteiger partial charge in [0.25, 0.3) is 0 Å². The highest BCUT2D eigenvalue weighted by molar-refractivity contribution is 5.71. The van der Waals surface area contributed by atoms with E-state index in [-0.39, 0.29) is 5.97 Å². The molecule has 0 fully saturated rings. The zero-order valence-corrected chi connectivity index (χ0v) is 17.9. The Bertz CT molecular complexity index is 364. The van der Waals surface area contributed by atoms with Crippen molar-refractivity contribution in [1.82, 2.24) is 0 Å². The van der Waals surface area contributed by atoms with E-state index in [9.17, 15) is 4.79 Å². The average molecular weight is 365 g/mol. The van der Waals surface area contributed by atoms with Crippen molar-refractivity contribution < 1.29 is 9.53 Å². The van der Waals surface area contributed by atoms with E-state index in [1.54, 1.807) is 0 Å². The lowest BCUT2D eigenvalue weighted by atomic mass is 10.1. The van der Waals surface area contributed by atoms with E-state index >= 15 is 0 Å². The van der Waals surface area contributed by atoms with Gasteiger partial charge in [-0.15, -0.1) is 0 Å². The van der Waals surface area contributed by atoms with Gasteiger partial charge in [0, 0.05) is 0 Å². The summed E-state index contributed by atoms with van der Waals surface area (Å²) in [4.78, 5) is 11.4. The van der Waals surface area contributed by atoms with Crippen molar-refractivity contribution in [3.63, 3.8) is 0 Å². The summed E-state index contributed by atoms with van der Waals surface area (Å²) in [6, 6.07) is 0. The first-order chi connectivity index (χ1) is 12.7. The number of carbonyl (C=O) groups is 1. The quantitative estimate of drug-likeness (QED) is 0.140. The molecule has 2 nitrogen and oxygen atoms in total. The molecule has 0 aliphatic heterocycles. The summed E-state index contributed by atoms with van der Waals surface area (Å²) in [6.45, 7) is 6.85. The fraction of sp³-hybridized carbons (Fsp3) is 0.792. The Morgan fingerprint density at radius 2 is 1.23 bits per heavy atom. The van der Waals surface area contributed by atoms with Crippen LogP contribution >= 0.6 is 0 Å². The summed E-state index contributed by atoms with van der Waals surface area (Å²) in [5.74, 6) is -0.0982. The molecule has 2 heteroatoms. The number of unbranched alkanes of at least 4 members (excludes halogenated alkanes) is 12. The molecule has 0 amide bonds. The predicted molar refractivity (Wildman–Crippen MR) is 114 cm³/mol. The number of hydrogen-bond donors (Lipinski definition) is 0. The van der Waals surface area contributed by atoms with Crippen molar-refractivity contribution in [2.75, 3.05) is 6.61 Å². The summed E-state index contributed by atoms with van der Waals surface area (Å²) in [5, 5.41) is 0. The molecule has 0 aromatic heterocycles. The van der Waals surface area contributed by atoms with Crippen LogP contribution in [0.1, 0.15) is 117 Å². The molecule has 0 radical (unpaired) electrons. The molecule has 0 heterocycles. The van der Waals surface area contributed by atoms with Crippen LogP contribution in [0.4, 0.5) is 0 Å². The number of ether oxygens (including phenoxy) is 1. The second-order valence-corrected chi connectivity index (χ2v) is 7.64. The average Bonchev–Trinajstić information content (AvgIpc) is 2.62. The van der Waals surface area contributed by atoms with Gasteiger partial charge >= 0.3 is 5.97 Å². The van der Waals surface area contributed by atoms with E-state index < -0.39 is 0 Å². The molecule has 0 spiro atoms. The molecule has 0 unspecified atom stereocenters. The monoisotopic (exact) mass is 364 g/mol. The van der Waals surface area contributed by atoms with Crippen LogP contribution in [0.25, 0.3) is 0 Å². The lowest BCUT2D eigenvalue weighted by Gasteiger charge is -2.03. The first-order valence-electron chi connectivity index (χ1n) is 11.1. The van der Waals surface area contributed by atoms with Gasteiger partial charge in [0.05, 0.1) is 13.0 Å². The minimum atomic E-state index is -0.0982. The fourth-order valence-electron chi connectivity index (χ4n) is 2.88. The van der Waals surface area contributed by atoms with E-state index in [2.05, 4.69) is 19.1 Å². The van der Waals surface area contributed by atoms with Gasteiger partial charge in [0.1, 0.15) is 0 Å². The van der Waals surface area contributed by atoms with Gasteiger partial charge < -0.3 is 4.74 Å². The number of carbonyl (C=O) groups excluding carboxylic acids is 1. The molecule has 0 aliphatic carbocycles. The molecule has 0 N–H and O–H groups in total. The van der Waals surface area contributed by atoms with Gasteiger partial charge in [0.15, 0.2) is 0 Å². The maximum atomic E-state index is 11.4. The SMILES string of the molecule is CCCCCCCC/C=C\CCCCCCCCOC(=O)CC=C(C)C. The van der Waals surface area contributed by atoms with E-state index in [0.717, 1.165) is 6.42 Å². The van der Waals surface area contributed by atoms with E-state index in [4.69, 9.17) is 4.74 Å². The number of esters is 1. The number of allylic oxidation sites excluding steroid dienone is 3. The largest absolute Gasteiger partial charge is 0.465 e. The van der Waals surface area contributed by atoms with Crippen molar-refractivity contribution in [2.45, 2.75) is 117 Å². The summed E-state index contributed by atoms with van der Waals surface area (Å²) >= 11 is 0. The molecule has 0 atom stereocenters. The highest BCUT2D eigenvalue weighted by Crippen LogP contribution is 2.10. The van der Waals surface area contributed by atoms with Crippen LogP contribution in [0, 0.1) is 0 Å². The van der Waals surface area contributed by atoms with Crippen molar-refractivity contribution in [2.24, 2.45) is 0 Å². The second kappa shape index (κ2) is 20.3. The zero-order chi connectivity index (χ0) is 19.3. The Labute approximate surface area is 163 Å². The van der Waals surface area contributed by atoms with Crippen LogP contribution in [0.2, 0.25) is 0 Å². The second-order valence-electron chi connectivity index (χ2n) is 7.64. The number of rotatable bonds is 18. The first kappa shape index (κ1) is 24.9. The third-order valence-corrected chi connectivity index (χ3v) is 4.60. The molecular formula is C24H44O2. The Hall–Kier alpha value is -1.05. The van der Waals surface area contributed by atoms with E-state index in [1.807, 2.05) is 19.9 Å². The molecule has 152 valence electrons. The highest BCUT2D eigenvalue weighted by Gasteiger charge is 1.99. The third kappa shape index (κ3) is 21.0. The van der Waals surface area contributed by atoms with Gasteiger partial charge in [-0.3, -0.25) is 4.79 Å². The lowest BCUT2D eigenvalue weighted by molar-refractivity contribution is -0.142.